The standard InChI is InChI=1S/C21H16ClNO/c1-14-7-9-19-17(11-14)21(24)18-12-16(22)8-10-20(18)23(19)13-15-5-3-2-4-6-15/h2-12H,13H2,1H3. The van der Waals surface area contributed by atoms with Crippen molar-refractivity contribution in [2.45, 2.75) is 13.5 Å². The Hall–Kier alpha value is -2.58. The Bertz CT molecular complexity index is 1050. The summed E-state index contributed by atoms with van der Waals surface area (Å²) >= 11 is 6.14. The first-order chi connectivity index (χ1) is 11.6. The molecule has 0 N–H and O–H groups in total. The van der Waals surface area contributed by atoms with Gasteiger partial charge in [0.15, 0.2) is 5.43 Å². The predicted molar refractivity (Wildman–Crippen MR) is 101 cm³/mol. The number of halogens is 1. The summed E-state index contributed by atoms with van der Waals surface area (Å²) in [5.74, 6) is 0. The molecule has 118 valence electrons. The van der Waals surface area contributed by atoms with Crippen LogP contribution >= 0.6 is 11.6 Å². The number of aryl methyl sites for hydroxylation is 1. The molecule has 1 aromatic heterocycles. The number of rotatable bonds is 2. The molecule has 3 aromatic carbocycles. The highest BCUT2D eigenvalue weighted by Crippen LogP contribution is 2.24. The smallest absolute Gasteiger partial charge is 0.197 e. The maximum absolute atomic E-state index is 12.9. The maximum atomic E-state index is 12.9. The highest BCUT2D eigenvalue weighted by molar-refractivity contribution is 6.31. The maximum Gasteiger partial charge on any atom is 0.197 e. The van der Waals surface area contributed by atoms with Crippen molar-refractivity contribution in [2.24, 2.45) is 0 Å². The average molecular weight is 334 g/mol. The number of pyridine rings is 1. The topological polar surface area (TPSA) is 22.0 Å². The number of fused-ring (bicyclic) bond motifs is 2. The van der Waals surface area contributed by atoms with E-state index in [1.807, 2.05) is 55.5 Å². The number of hydrogen-bond donors (Lipinski definition) is 0. The van der Waals surface area contributed by atoms with Crippen molar-refractivity contribution >= 4 is 33.4 Å². The van der Waals surface area contributed by atoms with E-state index in [0.717, 1.165) is 22.0 Å². The van der Waals surface area contributed by atoms with E-state index in [1.165, 1.54) is 5.56 Å². The molecule has 0 aliphatic heterocycles. The first kappa shape index (κ1) is 15.0. The molecule has 0 saturated carbocycles. The van der Waals surface area contributed by atoms with E-state index in [0.29, 0.717) is 17.0 Å². The van der Waals surface area contributed by atoms with Gasteiger partial charge in [0.1, 0.15) is 0 Å². The molecule has 0 amide bonds. The van der Waals surface area contributed by atoms with Gasteiger partial charge in [0.25, 0.3) is 0 Å². The van der Waals surface area contributed by atoms with Crippen LogP contribution in [0.25, 0.3) is 21.8 Å². The third-order valence-corrected chi connectivity index (χ3v) is 4.60. The van der Waals surface area contributed by atoms with E-state index in [1.54, 1.807) is 6.07 Å². The lowest BCUT2D eigenvalue weighted by atomic mass is 10.1. The molecule has 1 heterocycles. The molecule has 0 bridgehead atoms. The number of benzene rings is 3. The van der Waals surface area contributed by atoms with E-state index in [4.69, 9.17) is 11.6 Å². The Balaban J connectivity index is 2.11. The highest BCUT2D eigenvalue weighted by Gasteiger charge is 2.12. The number of aromatic nitrogens is 1. The minimum Gasteiger partial charge on any atom is -0.336 e. The Morgan fingerprint density at radius 3 is 2.29 bits per heavy atom. The van der Waals surface area contributed by atoms with Crippen molar-refractivity contribution in [1.29, 1.82) is 0 Å². The monoisotopic (exact) mass is 333 g/mol. The second-order valence-corrected chi connectivity index (χ2v) is 6.52. The van der Waals surface area contributed by atoms with Gasteiger partial charge in [-0.15, -0.1) is 0 Å². The molecule has 0 spiro atoms. The van der Waals surface area contributed by atoms with Crippen LogP contribution in [0.4, 0.5) is 0 Å². The lowest BCUT2D eigenvalue weighted by molar-refractivity contribution is 0.862. The second kappa shape index (κ2) is 5.81. The molecule has 2 nitrogen and oxygen atoms in total. The molecule has 0 fully saturated rings. The van der Waals surface area contributed by atoms with Gasteiger partial charge in [-0.2, -0.15) is 0 Å². The fourth-order valence-electron chi connectivity index (χ4n) is 3.20. The van der Waals surface area contributed by atoms with Gasteiger partial charge in [-0.05, 0) is 42.8 Å². The molecular formula is C21H16ClNO. The van der Waals surface area contributed by atoms with Crippen LogP contribution in [0.2, 0.25) is 5.02 Å². The largest absolute Gasteiger partial charge is 0.336 e. The first-order valence-corrected chi connectivity index (χ1v) is 8.27. The zero-order chi connectivity index (χ0) is 16.7. The average Bonchev–Trinajstić information content (AvgIpc) is 2.59. The summed E-state index contributed by atoms with van der Waals surface area (Å²) in [5, 5.41) is 1.98. The Kier molecular flexibility index (Phi) is 3.62. The molecule has 0 aliphatic rings. The van der Waals surface area contributed by atoms with Crippen LogP contribution in [0.3, 0.4) is 0 Å². The summed E-state index contributed by atoms with van der Waals surface area (Å²) in [6, 6.07) is 21.8. The normalized spacial score (nSPS) is 11.2. The third-order valence-electron chi connectivity index (χ3n) is 4.37. The molecule has 4 rings (SSSR count). The van der Waals surface area contributed by atoms with Crippen LogP contribution in [0.1, 0.15) is 11.1 Å². The van der Waals surface area contributed by atoms with Crippen LogP contribution in [0.5, 0.6) is 0 Å². The van der Waals surface area contributed by atoms with E-state index in [-0.39, 0.29) is 5.43 Å². The summed E-state index contributed by atoms with van der Waals surface area (Å²) in [6.07, 6.45) is 0. The minimum atomic E-state index is 0.0375. The van der Waals surface area contributed by atoms with Crippen LogP contribution in [-0.2, 0) is 6.54 Å². The van der Waals surface area contributed by atoms with Gasteiger partial charge < -0.3 is 4.57 Å². The van der Waals surface area contributed by atoms with Crippen LogP contribution in [0, 0.1) is 6.92 Å². The number of hydrogen-bond acceptors (Lipinski definition) is 1. The van der Waals surface area contributed by atoms with Gasteiger partial charge in [-0.1, -0.05) is 53.6 Å². The lowest BCUT2D eigenvalue weighted by Gasteiger charge is -2.16. The van der Waals surface area contributed by atoms with Crippen LogP contribution in [-0.4, -0.2) is 4.57 Å². The fraction of sp³-hybridized carbons (Fsp3) is 0.0952. The van der Waals surface area contributed by atoms with Crippen molar-refractivity contribution in [2.75, 3.05) is 0 Å². The van der Waals surface area contributed by atoms with Crippen molar-refractivity contribution in [3.63, 3.8) is 0 Å². The molecule has 0 unspecified atom stereocenters. The van der Waals surface area contributed by atoms with Crippen molar-refractivity contribution in [1.82, 2.24) is 4.57 Å². The van der Waals surface area contributed by atoms with E-state index in [2.05, 4.69) is 16.7 Å². The molecule has 3 heteroatoms. The molecule has 24 heavy (non-hydrogen) atoms. The summed E-state index contributed by atoms with van der Waals surface area (Å²) < 4.78 is 2.19. The first-order valence-electron chi connectivity index (χ1n) is 7.90. The van der Waals surface area contributed by atoms with Gasteiger partial charge in [-0.25, -0.2) is 0 Å². The molecule has 0 radical (unpaired) electrons. The molecule has 0 atom stereocenters. The minimum absolute atomic E-state index is 0.0375. The molecular weight excluding hydrogens is 318 g/mol. The highest BCUT2D eigenvalue weighted by atomic mass is 35.5. The summed E-state index contributed by atoms with van der Waals surface area (Å²) in [4.78, 5) is 12.9. The molecule has 0 saturated heterocycles. The van der Waals surface area contributed by atoms with E-state index >= 15 is 0 Å². The second-order valence-electron chi connectivity index (χ2n) is 6.08. The quantitative estimate of drug-likeness (QED) is 0.464. The Morgan fingerprint density at radius 1 is 0.875 bits per heavy atom. The molecule has 4 aromatic rings. The van der Waals surface area contributed by atoms with E-state index < -0.39 is 0 Å². The zero-order valence-electron chi connectivity index (χ0n) is 13.3. The fourth-order valence-corrected chi connectivity index (χ4v) is 3.38. The Labute approximate surface area is 144 Å². The Morgan fingerprint density at radius 2 is 1.54 bits per heavy atom. The van der Waals surface area contributed by atoms with Crippen molar-refractivity contribution < 1.29 is 0 Å². The summed E-state index contributed by atoms with van der Waals surface area (Å²) in [6.45, 7) is 2.71. The van der Waals surface area contributed by atoms with Crippen LogP contribution < -0.4 is 5.43 Å². The summed E-state index contributed by atoms with van der Waals surface area (Å²) in [5.41, 5.74) is 4.16. The van der Waals surface area contributed by atoms with Gasteiger partial charge in [0.05, 0.1) is 11.0 Å². The lowest BCUT2D eigenvalue weighted by Crippen LogP contribution is -2.12. The van der Waals surface area contributed by atoms with Gasteiger partial charge in [0, 0.05) is 22.3 Å². The van der Waals surface area contributed by atoms with Gasteiger partial charge >= 0.3 is 0 Å². The number of nitrogens with zero attached hydrogens (tertiary/aromatic N) is 1. The SMILES string of the molecule is Cc1ccc2c(c1)c(=O)c1cc(Cl)ccc1n2Cc1ccccc1. The van der Waals surface area contributed by atoms with Gasteiger partial charge in [0.2, 0.25) is 0 Å². The van der Waals surface area contributed by atoms with Crippen molar-refractivity contribution in [3.05, 3.63) is 93.1 Å². The third kappa shape index (κ3) is 2.49. The zero-order valence-corrected chi connectivity index (χ0v) is 14.0. The van der Waals surface area contributed by atoms with Crippen LogP contribution in [0.15, 0.2) is 71.5 Å². The molecule has 0 aliphatic carbocycles. The van der Waals surface area contributed by atoms with Crippen molar-refractivity contribution in [3.8, 4) is 0 Å². The predicted octanol–water partition coefficient (Wildman–Crippen LogP) is 5.16. The van der Waals surface area contributed by atoms with E-state index in [9.17, 15) is 4.79 Å². The summed E-state index contributed by atoms with van der Waals surface area (Å²) in [7, 11) is 0. The van der Waals surface area contributed by atoms with Gasteiger partial charge in [-0.3, -0.25) is 4.79 Å².